The lowest BCUT2D eigenvalue weighted by molar-refractivity contribution is 0.593. The fourth-order valence-corrected chi connectivity index (χ4v) is 7.95. The van der Waals surface area contributed by atoms with Gasteiger partial charge in [-0.3, -0.25) is 9.36 Å². The number of thiazole rings is 1. The zero-order chi connectivity index (χ0) is 26.8. The van der Waals surface area contributed by atoms with Gasteiger partial charge in [-0.2, -0.15) is 0 Å². The Morgan fingerprint density at radius 1 is 1.00 bits per heavy atom. The maximum Gasteiger partial charge on any atom is 0.271 e. The van der Waals surface area contributed by atoms with E-state index in [9.17, 15) is 4.79 Å². The Morgan fingerprint density at radius 2 is 1.85 bits per heavy atom. The Morgan fingerprint density at radius 3 is 2.64 bits per heavy atom. The lowest BCUT2D eigenvalue weighted by Gasteiger charge is -2.30. The molecule has 0 bridgehead atoms. The number of nitrogens with zero attached hydrogens (tertiary/aromatic N) is 3. The molecule has 0 spiro atoms. The smallest absolute Gasteiger partial charge is 0.271 e. The third-order valence-electron chi connectivity index (χ3n) is 7.60. The Labute approximate surface area is 243 Å². The van der Waals surface area contributed by atoms with Gasteiger partial charge in [0.25, 0.3) is 5.56 Å². The van der Waals surface area contributed by atoms with Gasteiger partial charge in [0, 0.05) is 27.5 Å². The lowest BCUT2D eigenvalue weighted by atomic mass is 9.85. The second-order valence-corrected chi connectivity index (χ2v) is 12.7. The predicted molar refractivity (Wildman–Crippen MR) is 162 cm³/mol. The maximum absolute atomic E-state index is 14.0. The van der Waals surface area contributed by atoms with E-state index in [4.69, 9.17) is 28.2 Å². The van der Waals surface area contributed by atoms with Crippen LogP contribution in [-0.4, -0.2) is 9.13 Å². The molecule has 0 amide bonds. The van der Waals surface area contributed by atoms with Crippen LogP contribution >= 0.6 is 45.9 Å². The van der Waals surface area contributed by atoms with Gasteiger partial charge in [-0.25, -0.2) is 4.99 Å². The molecule has 0 unspecified atom stereocenters. The van der Waals surface area contributed by atoms with E-state index < -0.39 is 0 Å². The summed E-state index contributed by atoms with van der Waals surface area (Å²) in [6, 6.07) is 20.3. The number of aromatic nitrogens is 2. The number of benzene rings is 2. The van der Waals surface area contributed by atoms with E-state index in [1.807, 2.05) is 22.8 Å². The number of allylic oxidation sites excluding steroid dienone is 1. The molecule has 7 rings (SSSR count). The van der Waals surface area contributed by atoms with Crippen LogP contribution in [0.5, 0.6) is 0 Å². The zero-order valence-corrected chi connectivity index (χ0v) is 24.4. The molecule has 2 aliphatic rings. The zero-order valence-electron chi connectivity index (χ0n) is 21.2. The van der Waals surface area contributed by atoms with Crippen molar-refractivity contribution in [2.75, 3.05) is 0 Å². The molecule has 0 radical (unpaired) electrons. The summed E-state index contributed by atoms with van der Waals surface area (Å²) >= 11 is 15.6. The van der Waals surface area contributed by atoms with E-state index in [1.54, 1.807) is 17.4 Å². The first-order valence-corrected chi connectivity index (χ1v) is 15.2. The highest BCUT2D eigenvalue weighted by Crippen LogP contribution is 2.42. The second kappa shape index (κ2) is 9.49. The molecule has 8 heteroatoms. The number of fused-ring (bicyclic) bond motifs is 3. The van der Waals surface area contributed by atoms with Gasteiger partial charge in [0.1, 0.15) is 0 Å². The van der Waals surface area contributed by atoms with Crippen molar-refractivity contribution in [2.45, 2.75) is 32.7 Å². The molecular formula is C31H23Cl2N3OS2. The van der Waals surface area contributed by atoms with Crippen LogP contribution in [0.4, 0.5) is 0 Å². The van der Waals surface area contributed by atoms with Crippen LogP contribution in [0.1, 0.15) is 45.4 Å². The number of halogens is 2. The third-order valence-corrected chi connectivity index (χ3v) is 10.3. The Bertz CT molecular complexity index is 1990. The summed E-state index contributed by atoms with van der Waals surface area (Å²) in [5.41, 5.74) is 8.76. The van der Waals surface area contributed by atoms with Crippen LogP contribution in [0.25, 0.3) is 17.5 Å². The third kappa shape index (κ3) is 4.01. The van der Waals surface area contributed by atoms with Crippen LogP contribution < -0.4 is 14.9 Å². The van der Waals surface area contributed by atoms with E-state index in [0.717, 1.165) is 46.0 Å². The fourth-order valence-electron chi connectivity index (χ4n) is 5.81. The Kier molecular flexibility index (Phi) is 6.05. The van der Waals surface area contributed by atoms with Crippen LogP contribution in [-0.2, 0) is 6.42 Å². The summed E-state index contributed by atoms with van der Waals surface area (Å²) in [6.45, 7) is 4.11. The summed E-state index contributed by atoms with van der Waals surface area (Å²) < 4.78 is 4.72. The van der Waals surface area contributed by atoms with Crippen molar-refractivity contribution in [3.63, 3.8) is 0 Å². The minimum Gasteiger partial charge on any atom is -0.318 e. The second-order valence-electron chi connectivity index (χ2n) is 9.89. The van der Waals surface area contributed by atoms with Gasteiger partial charge in [0.05, 0.1) is 26.3 Å². The average molecular weight is 589 g/mol. The summed E-state index contributed by atoms with van der Waals surface area (Å²) in [7, 11) is 0. The van der Waals surface area contributed by atoms with E-state index in [0.29, 0.717) is 14.6 Å². The van der Waals surface area contributed by atoms with Crippen LogP contribution in [0, 0.1) is 13.8 Å². The number of rotatable bonds is 3. The molecule has 39 heavy (non-hydrogen) atoms. The van der Waals surface area contributed by atoms with E-state index >= 15 is 0 Å². The molecule has 0 saturated heterocycles. The van der Waals surface area contributed by atoms with E-state index in [-0.39, 0.29) is 11.6 Å². The minimum atomic E-state index is -0.129. The predicted octanol–water partition coefficient (Wildman–Crippen LogP) is 7.09. The molecule has 5 aromatic rings. The summed E-state index contributed by atoms with van der Waals surface area (Å²) in [5, 5.41) is 3.12. The van der Waals surface area contributed by atoms with Gasteiger partial charge in [-0.1, -0.05) is 64.9 Å². The first kappa shape index (κ1) is 24.9. The molecule has 1 aliphatic heterocycles. The SMILES string of the molecule is Cc1cc(/C=c2/sc3n(c2=O)[C@H](c2cccs2)C2=C(N=3)c3ccccc3CC2)c(C)n1-c1ccc(Cl)c(Cl)c1. The molecular weight excluding hydrogens is 565 g/mol. The fraction of sp³-hybridized carbons (Fsp3) is 0.161. The topological polar surface area (TPSA) is 39.3 Å². The molecule has 4 heterocycles. The molecule has 2 aromatic carbocycles. The number of hydrogen-bond acceptors (Lipinski definition) is 4. The van der Waals surface area contributed by atoms with Gasteiger partial charge in [0.15, 0.2) is 4.80 Å². The molecule has 3 aromatic heterocycles. The molecule has 1 atom stereocenters. The minimum absolute atomic E-state index is 0.00176. The molecule has 4 nitrogen and oxygen atoms in total. The normalized spacial score (nSPS) is 16.6. The molecule has 0 fully saturated rings. The highest BCUT2D eigenvalue weighted by atomic mass is 35.5. The Hall–Kier alpha value is -3.16. The van der Waals surface area contributed by atoms with E-state index in [2.05, 4.69) is 66.3 Å². The van der Waals surface area contributed by atoms with Crippen molar-refractivity contribution in [3.05, 3.63) is 134 Å². The quantitative estimate of drug-likeness (QED) is 0.222. The highest BCUT2D eigenvalue weighted by molar-refractivity contribution is 7.10. The first-order valence-electron chi connectivity index (χ1n) is 12.7. The summed E-state index contributed by atoms with van der Waals surface area (Å²) in [5.74, 6) is 0. The standard InChI is InChI=1S/C31H23Cl2N3OS2/c1-17-14-20(18(2)35(17)21-10-12-24(32)25(33)16-21)15-27-30(37)36-29(26-8-5-13-38-26)23-11-9-19-6-3-4-7-22(19)28(23)34-31(36)39-27/h3-8,10,12-16,29H,9,11H2,1-2H3/b27-15+/t29-/m0/s1. The van der Waals surface area contributed by atoms with Crippen LogP contribution in [0.3, 0.4) is 0 Å². The first-order chi connectivity index (χ1) is 18.9. The van der Waals surface area contributed by atoms with Gasteiger partial charge in [-0.05, 0) is 85.2 Å². The van der Waals surface area contributed by atoms with E-state index in [1.165, 1.54) is 32.9 Å². The number of thiophene rings is 1. The Balaban J connectivity index is 1.42. The van der Waals surface area contributed by atoms with Crippen molar-refractivity contribution in [1.29, 1.82) is 0 Å². The van der Waals surface area contributed by atoms with Gasteiger partial charge in [0.2, 0.25) is 0 Å². The monoisotopic (exact) mass is 587 g/mol. The summed E-state index contributed by atoms with van der Waals surface area (Å²) in [6.07, 6.45) is 3.85. The highest BCUT2D eigenvalue weighted by Gasteiger charge is 2.33. The summed E-state index contributed by atoms with van der Waals surface area (Å²) in [4.78, 5) is 21.1. The van der Waals surface area contributed by atoms with Gasteiger partial charge < -0.3 is 4.57 Å². The number of hydrogen-bond donors (Lipinski definition) is 0. The van der Waals surface area contributed by atoms with Crippen molar-refractivity contribution in [1.82, 2.24) is 9.13 Å². The van der Waals surface area contributed by atoms with Crippen LogP contribution in [0.2, 0.25) is 10.0 Å². The molecule has 194 valence electrons. The van der Waals surface area contributed by atoms with Gasteiger partial charge >= 0.3 is 0 Å². The van der Waals surface area contributed by atoms with Crippen molar-refractivity contribution in [2.24, 2.45) is 4.99 Å². The average Bonchev–Trinajstić information content (AvgIpc) is 3.64. The maximum atomic E-state index is 14.0. The molecule has 0 N–H and O–H groups in total. The van der Waals surface area contributed by atoms with Crippen molar-refractivity contribution < 1.29 is 0 Å². The van der Waals surface area contributed by atoms with Gasteiger partial charge in [-0.15, -0.1) is 11.3 Å². The van der Waals surface area contributed by atoms with Crippen LogP contribution in [0.15, 0.2) is 81.4 Å². The molecule has 0 saturated carbocycles. The van der Waals surface area contributed by atoms with Crippen molar-refractivity contribution >= 4 is 57.6 Å². The number of aryl methyl sites for hydroxylation is 2. The largest absolute Gasteiger partial charge is 0.318 e. The van der Waals surface area contributed by atoms with Crippen molar-refractivity contribution in [3.8, 4) is 5.69 Å². The molecule has 1 aliphatic carbocycles. The lowest BCUT2D eigenvalue weighted by Crippen LogP contribution is -2.38.